The lowest BCUT2D eigenvalue weighted by molar-refractivity contribution is -0.139. The smallest absolute Gasteiger partial charge is 0.417 e. The van der Waals surface area contributed by atoms with Gasteiger partial charge in [-0.2, -0.15) is 13.2 Å². The summed E-state index contributed by atoms with van der Waals surface area (Å²) in [7, 11) is 0. The van der Waals surface area contributed by atoms with Crippen molar-refractivity contribution in [2.24, 2.45) is 0 Å². The SMILES string of the molecule is CCSc1c(C(F)(F)F)ccc(C(=O)O)c1C. The number of aromatic carboxylic acids is 1. The second-order valence-corrected chi connectivity index (χ2v) is 4.63. The van der Waals surface area contributed by atoms with E-state index in [0.717, 1.165) is 23.9 Å². The Kier molecular flexibility index (Phi) is 4.08. The maximum absolute atomic E-state index is 12.7. The van der Waals surface area contributed by atoms with E-state index in [1.54, 1.807) is 6.92 Å². The Labute approximate surface area is 101 Å². The first kappa shape index (κ1) is 13.9. The molecule has 2 nitrogen and oxygen atoms in total. The first-order valence-corrected chi connectivity index (χ1v) is 5.84. The highest BCUT2D eigenvalue weighted by Crippen LogP contribution is 2.39. The van der Waals surface area contributed by atoms with E-state index >= 15 is 0 Å². The van der Waals surface area contributed by atoms with Crippen LogP contribution in [-0.2, 0) is 6.18 Å². The van der Waals surface area contributed by atoms with Crippen LogP contribution in [0.25, 0.3) is 0 Å². The van der Waals surface area contributed by atoms with E-state index in [1.807, 2.05) is 0 Å². The second-order valence-electron chi connectivity index (χ2n) is 3.35. The van der Waals surface area contributed by atoms with E-state index in [1.165, 1.54) is 6.92 Å². The van der Waals surface area contributed by atoms with E-state index in [9.17, 15) is 18.0 Å². The minimum Gasteiger partial charge on any atom is -0.478 e. The maximum atomic E-state index is 12.7. The molecule has 1 aromatic rings. The molecule has 0 saturated carbocycles. The molecule has 0 aliphatic heterocycles. The second kappa shape index (κ2) is 5.00. The normalized spacial score (nSPS) is 11.6. The molecule has 1 N–H and O–H groups in total. The monoisotopic (exact) mass is 264 g/mol. The lowest BCUT2D eigenvalue weighted by atomic mass is 10.0. The van der Waals surface area contributed by atoms with Gasteiger partial charge in [0.15, 0.2) is 0 Å². The van der Waals surface area contributed by atoms with Crippen molar-refractivity contribution in [2.45, 2.75) is 24.9 Å². The molecule has 1 aromatic carbocycles. The van der Waals surface area contributed by atoms with Crippen LogP contribution in [0.15, 0.2) is 17.0 Å². The van der Waals surface area contributed by atoms with E-state index in [-0.39, 0.29) is 16.0 Å². The third-order valence-corrected chi connectivity index (χ3v) is 3.33. The van der Waals surface area contributed by atoms with Crippen LogP contribution < -0.4 is 0 Å². The van der Waals surface area contributed by atoms with Gasteiger partial charge in [-0.05, 0) is 30.4 Å². The van der Waals surface area contributed by atoms with Crippen molar-refractivity contribution in [3.8, 4) is 0 Å². The van der Waals surface area contributed by atoms with E-state index in [0.29, 0.717) is 5.75 Å². The fourth-order valence-corrected chi connectivity index (χ4v) is 2.43. The van der Waals surface area contributed by atoms with Crippen molar-refractivity contribution in [3.63, 3.8) is 0 Å². The summed E-state index contributed by atoms with van der Waals surface area (Å²) in [4.78, 5) is 10.8. The molecule has 0 radical (unpaired) electrons. The minimum atomic E-state index is -4.46. The molecule has 0 spiro atoms. The van der Waals surface area contributed by atoms with Crippen molar-refractivity contribution in [2.75, 3.05) is 5.75 Å². The summed E-state index contributed by atoms with van der Waals surface area (Å²) in [6.07, 6.45) is -4.46. The van der Waals surface area contributed by atoms with E-state index in [2.05, 4.69) is 0 Å². The van der Waals surface area contributed by atoms with Gasteiger partial charge in [-0.25, -0.2) is 4.79 Å². The third kappa shape index (κ3) is 2.94. The quantitative estimate of drug-likeness (QED) is 0.843. The summed E-state index contributed by atoms with van der Waals surface area (Å²) >= 11 is 1.00. The predicted octanol–water partition coefficient (Wildman–Crippen LogP) is 3.82. The fraction of sp³-hybridized carbons (Fsp3) is 0.364. The van der Waals surface area contributed by atoms with Crippen LogP contribution in [0.2, 0.25) is 0 Å². The van der Waals surface area contributed by atoms with Crippen LogP contribution in [0.5, 0.6) is 0 Å². The van der Waals surface area contributed by atoms with Gasteiger partial charge in [0.1, 0.15) is 0 Å². The summed E-state index contributed by atoms with van der Waals surface area (Å²) in [6, 6.07) is 1.83. The predicted molar refractivity (Wildman–Crippen MR) is 59.5 cm³/mol. The molecule has 0 amide bonds. The van der Waals surface area contributed by atoms with Crippen molar-refractivity contribution >= 4 is 17.7 Å². The molecule has 6 heteroatoms. The zero-order chi connectivity index (χ0) is 13.2. The number of carboxylic acids is 1. The number of rotatable bonds is 3. The number of hydrogen-bond acceptors (Lipinski definition) is 2. The minimum absolute atomic E-state index is 0.0000926. The maximum Gasteiger partial charge on any atom is 0.417 e. The molecule has 0 aromatic heterocycles. The van der Waals surface area contributed by atoms with E-state index in [4.69, 9.17) is 5.11 Å². The van der Waals surface area contributed by atoms with Crippen molar-refractivity contribution < 1.29 is 23.1 Å². The summed E-state index contributed by atoms with van der Waals surface area (Å²) < 4.78 is 38.2. The number of hydrogen-bond donors (Lipinski definition) is 1. The molecule has 0 bridgehead atoms. The summed E-state index contributed by atoms with van der Waals surface area (Å²) in [5.74, 6) is -0.762. The van der Waals surface area contributed by atoms with Crippen LogP contribution >= 0.6 is 11.8 Å². The Morgan fingerprint density at radius 1 is 1.41 bits per heavy atom. The molecule has 0 unspecified atom stereocenters. The summed E-state index contributed by atoms with van der Waals surface area (Å²) in [5.41, 5.74) is -0.694. The van der Waals surface area contributed by atoms with Gasteiger partial charge >= 0.3 is 12.1 Å². The average Bonchev–Trinajstić information content (AvgIpc) is 2.18. The van der Waals surface area contributed by atoms with Gasteiger partial charge in [0.25, 0.3) is 0 Å². The van der Waals surface area contributed by atoms with Gasteiger partial charge in [-0.1, -0.05) is 6.92 Å². The summed E-state index contributed by atoms with van der Waals surface area (Å²) in [6.45, 7) is 3.12. The van der Waals surface area contributed by atoms with Gasteiger partial charge in [0, 0.05) is 4.90 Å². The number of carbonyl (C=O) groups is 1. The Bertz CT molecular complexity index is 441. The number of halogens is 3. The van der Waals surface area contributed by atoms with Gasteiger partial charge in [0.2, 0.25) is 0 Å². The Hall–Kier alpha value is -1.17. The third-order valence-electron chi connectivity index (χ3n) is 2.23. The molecule has 0 saturated heterocycles. The van der Waals surface area contributed by atoms with Crippen LogP contribution in [0.1, 0.15) is 28.4 Å². The molecule has 0 aliphatic rings. The topological polar surface area (TPSA) is 37.3 Å². The molecule has 0 aliphatic carbocycles. The first-order valence-electron chi connectivity index (χ1n) is 4.86. The largest absolute Gasteiger partial charge is 0.478 e. The van der Waals surface area contributed by atoms with Crippen LogP contribution in [0.3, 0.4) is 0 Å². The zero-order valence-corrected chi connectivity index (χ0v) is 10.1. The van der Waals surface area contributed by atoms with Gasteiger partial charge in [-0.3, -0.25) is 0 Å². The number of carboxylic acid groups (broad SMARTS) is 1. The molecule has 94 valence electrons. The van der Waals surface area contributed by atoms with Crippen molar-refractivity contribution in [3.05, 3.63) is 28.8 Å². The Morgan fingerprint density at radius 3 is 2.41 bits per heavy atom. The number of thioether (sulfide) groups is 1. The van der Waals surface area contributed by atoms with E-state index < -0.39 is 17.7 Å². The number of alkyl halides is 3. The van der Waals surface area contributed by atoms with Crippen molar-refractivity contribution in [1.82, 2.24) is 0 Å². The zero-order valence-electron chi connectivity index (χ0n) is 9.26. The first-order chi connectivity index (χ1) is 7.79. The van der Waals surface area contributed by atoms with Gasteiger partial charge < -0.3 is 5.11 Å². The molecular weight excluding hydrogens is 253 g/mol. The molecule has 17 heavy (non-hydrogen) atoms. The Morgan fingerprint density at radius 2 is 2.00 bits per heavy atom. The standard InChI is InChI=1S/C11H11F3O2S/c1-3-17-9-6(2)7(10(15)16)4-5-8(9)11(12,13)14/h4-5H,3H2,1-2H3,(H,15,16). The molecular formula is C11H11F3O2S. The van der Waals surface area contributed by atoms with Crippen molar-refractivity contribution in [1.29, 1.82) is 0 Å². The van der Waals surface area contributed by atoms with Crippen LogP contribution in [-0.4, -0.2) is 16.8 Å². The van der Waals surface area contributed by atoms with Gasteiger partial charge in [-0.15, -0.1) is 11.8 Å². The highest BCUT2D eigenvalue weighted by Gasteiger charge is 2.34. The highest BCUT2D eigenvalue weighted by atomic mass is 32.2. The lowest BCUT2D eigenvalue weighted by Crippen LogP contribution is -2.11. The van der Waals surface area contributed by atoms with Crippen LogP contribution in [0.4, 0.5) is 13.2 Å². The van der Waals surface area contributed by atoms with Gasteiger partial charge in [0.05, 0.1) is 11.1 Å². The number of benzene rings is 1. The average molecular weight is 264 g/mol. The molecule has 0 atom stereocenters. The molecule has 1 rings (SSSR count). The Balaban J connectivity index is 3.45. The summed E-state index contributed by atoms with van der Waals surface area (Å²) in [5, 5.41) is 8.86. The highest BCUT2D eigenvalue weighted by molar-refractivity contribution is 7.99. The van der Waals surface area contributed by atoms with Crippen LogP contribution in [0, 0.1) is 6.92 Å². The lowest BCUT2D eigenvalue weighted by Gasteiger charge is -2.15. The molecule has 0 fully saturated rings. The molecule has 0 heterocycles. The fourth-order valence-electron chi connectivity index (χ4n) is 1.48.